The highest BCUT2D eigenvalue weighted by Crippen LogP contribution is 2.36. The quantitative estimate of drug-likeness (QED) is 0.0251. The zero-order valence-electron chi connectivity index (χ0n) is 41.4. The van der Waals surface area contributed by atoms with Crippen molar-refractivity contribution < 1.29 is 56.4 Å². The molecule has 1 aromatic carbocycles. The van der Waals surface area contributed by atoms with Crippen molar-refractivity contribution in [3.05, 3.63) is 29.3 Å². The van der Waals surface area contributed by atoms with E-state index in [1.54, 1.807) is 26.5 Å². The van der Waals surface area contributed by atoms with E-state index in [1.807, 2.05) is 0 Å². The van der Waals surface area contributed by atoms with Gasteiger partial charge in [-0.15, -0.1) is 0 Å². The van der Waals surface area contributed by atoms with Gasteiger partial charge < -0.3 is 56.9 Å². The molecule has 13 nitrogen and oxygen atoms in total. The summed E-state index contributed by atoms with van der Waals surface area (Å²) in [6, 6.07) is 3.42. The molecule has 4 N–H and O–H groups in total. The Morgan fingerprint density at radius 3 is 2.23 bits per heavy atom. The van der Waals surface area contributed by atoms with Gasteiger partial charge in [-0.1, -0.05) is 26.5 Å². The molecule has 0 spiro atoms. The molecule has 0 aromatic heterocycles. The van der Waals surface area contributed by atoms with Gasteiger partial charge in [-0.2, -0.15) is 0 Å². The maximum absolute atomic E-state index is 13.6. The zero-order chi connectivity index (χ0) is 49.4. The molecule has 3 fully saturated rings. The Balaban J connectivity index is 0.00000156. The van der Waals surface area contributed by atoms with Crippen molar-refractivity contribution >= 4 is 135 Å². The molecule has 1 aromatic rings. The molecule has 4 rings (SSSR count). The van der Waals surface area contributed by atoms with Gasteiger partial charge in [-0.05, 0) is 78.1 Å². The van der Waals surface area contributed by atoms with Crippen molar-refractivity contribution in [1.82, 2.24) is 5.32 Å². The van der Waals surface area contributed by atoms with Crippen molar-refractivity contribution in [1.29, 1.82) is 16.3 Å². The van der Waals surface area contributed by atoms with Crippen LogP contribution in [0.4, 0.5) is 0 Å². The highest BCUT2D eigenvalue weighted by atomic mass is 32.2. The lowest BCUT2D eigenvalue weighted by Gasteiger charge is -2.43. The molecule has 2 heterocycles. The lowest BCUT2D eigenvalue weighted by atomic mass is 9.83. The Kier molecular flexibility index (Phi) is 18.6. The summed E-state index contributed by atoms with van der Waals surface area (Å²) in [5.41, 5.74) is 0.477. The summed E-state index contributed by atoms with van der Waals surface area (Å²) in [6.07, 6.45) is -7.99. The minimum absolute atomic E-state index is 0.0275. The zero-order valence-corrected chi connectivity index (χ0v) is 34.6. The third-order valence-electron chi connectivity index (χ3n) is 6.83. The van der Waals surface area contributed by atoms with Crippen LogP contribution in [0.5, 0.6) is 11.5 Å². The Morgan fingerprint density at radius 2 is 1.62 bits per heavy atom. The number of aliphatic hydroxyl groups excluding tert-OH is 3. The first kappa shape index (κ1) is 33.8. The molecule has 3 aliphatic rings. The number of fused-ring (bicyclic) bond motifs is 1. The SMILES string of the molecule is [2H]B(C)S.[2H]B(C)S.[2H]B(C)S.[2H]B([3H])CSOc1cc(/C=C(\C)C(=O)N[C@H]2[C@@H](OSCB([2H])[3H])[C@@H]3OCO[C@@H]3[C@H](O[3H])[C@H]2O[3H])ccc1O[C@@H]1O[C@H](C=O)[C@@H](OSCB([2H])[3H])[C@@H]1O[3H]. The molecule has 0 radical (unpaired) electrons. The minimum Gasteiger partial charge on any atom is -0.458 e. The average molecular weight is 869 g/mol. The van der Waals surface area contributed by atoms with Crippen molar-refractivity contribution in [3.8, 4) is 11.5 Å². The van der Waals surface area contributed by atoms with Crippen LogP contribution < -0.4 is 14.2 Å². The maximum Gasteiger partial charge on any atom is 0.247 e. The summed E-state index contributed by atoms with van der Waals surface area (Å²) >= 11 is 13.2. The monoisotopic (exact) mass is 869 g/mol. The van der Waals surface area contributed by atoms with E-state index in [1.165, 1.54) is 25.1 Å². The van der Waals surface area contributed by atoms with Gasteiger partial charge in [0.25, 0.3) is 0 Å². The molecule has 10 atom stereocenters. The Bertz CT molecular complexity index is 1530. The number of ether oxygens (including phenoxy) is 4. The van der Waals surface area contributed by atoms with E-state index in [9.17, 15) is 9.59 Å². The van der Waals surface area contributed by atoms with E-state index in [0.717, 1.165) is 36.1 Å². The summed E-state index contributed by atoms with van der Waals surface area (Å²) in [6.45, 7) is 5.77. The first-order valence-electron chi connectivity index (χ1n) is 22.2. The highest BCUT2D eigenvalue weighted by molar-refractivity contribution is 8.07. The van der Waals surface area contributed by atoms with Gasteiger partial charge in [0.1, 0.15) is 78.9 Å². The molecule has 25 heteroatoms. The van der Waals surface area contributed by atoms with Gasteiger partial charge in [-0.3, -0.25) is 4.79 Å². The fourth-order valence-electron chi connectivity index (χ4n) is 4.79. The van der Waals surface area contributed by atoms with E-state index in [4.69, 9.17) is 63.1 Å². The van der Waals surface area contributed by atoms with Gasteiger partial charge in [0.05, 0.1) is 6.04 Å². The number of thiol groups is 3. The standard InChI is InChI=1S/C25H36B3NO12S3.3CH5BS/c1-11(24(34)29-16-17(31)18(32)22-23(36-10-35-22)21(16)41-44-9-28)4-12-2-3-13(14(5-12)39-42-7-26)37-25-19(33)20(40-43-8-27)15(6-30)38-25;3*1-2-3/h2-6,15-23,25,31-33H,7-10,26-28H2,1H3,(H,29,34);3*2-3H,1H3/b11-4+;;;/t15-,16-,17+,18-,19+,20-,21-,22-,23+,25-;;;/m1.../s1/i26TD,27TD,28TD,31T,32T,33T;3*2D. The van der Waals surface area contributed by atoms with Crippen LogP contribution in [-0.4, -0.2) is 172 Å². The third-order valence-corrected chi connectivity index (χ3v) is 8.25. The summed E-state index contributed by atoms with van der Waals surface area (Å²) in [4.78, 5) is 25.4. The minimum atomic E-state index is -1.34. The highest BCUT2D eigenvalue weighted by Gasteiger charge is 2.55. The van der Waals surface area contributed by atoms with Crippen LogP contribution in [0.3, 0.4) is 0 Å². The molecule has 0 unspecified atom stereocenters. The Labute approximate surface area is 364 Å². The smallest absolute Gasteiger partial charge is 0.247 e. The van der Waals surface area contributed by atoms with Crippen LogP contribution in [0.1, 0.15) is 12.5 Å². The number of aldehydes is 1. The van der Waals surface area contributed by atoms with Crippen LogP contribution in [0.25, 0.3) is 6.08 Å². The average Bonchev–Trinajstić information content (AvgIpc) is 3.82. The van der Waals surface area contributed by atoms with Crippen molar-refractivity contribution in [2.24, 2.45) is 0 Å². The Hall–Kier alpha value is -0.130. The summed E-state index contributed by atoms with van der Waals surface area (Å²) in [7, 11) is -3.61. The number of benzene rings is 1. The van der Waals surface area contributed by atoms with Gasteiger partial charge in [0.2, 0.25) is 16.5 Å². The van der Waals surface area contributed by atoms with Gasteiger partial charge in [0.15, 0.2) is 37.3 Å². The van der Waals surface area contributed by atoms with E-state index in [2.05, 4.69) is 42.8 Å². The summed E-state index contributed by atoms with van der Waals surface area (Å²) < 4.78 is 127. The van der Waals surface area contributed by atoms with Gasteiger partial charge in [0, 0.05) is 23.3 Å². The second kappa shape index (κ2) is 29.1. The number of hydrogen-bond donors (Lipinski definition) is 7. The molecule has 294 valence electrons. The normalized spacial score (nSPS) is 31.5. The number of amides is 1. The van der Waals surface area contributed by atoms with Crippen molar-refractivity contribution in [2.75, 3.05) is 23.7 Å². The number of carbonyl (C=O) groups excluding carboxylic acids is 2. The molecular weight excluding hydrogens is 800 g/mol. The lowest BCUT2D eigenvalue weighted by Crippen LogP contribution is -2.67. The van der Waals surface area contributed by atoms with Gasteiger partial charge in [-0.25, -0.2) is 37.4 Å². The van der Waals surface area contributed by atoms with Crippen molar-refractivity contribution in [3.63, 3.8) is 0 Å². The first-order valence-corrected chi connectivity index (χ1v) is 20.1. The second-order valence-electron chi connectivity index (χ2n) is 10.4. The molecule has 1 aliphatic carbocycles. The van der Waals surface area contributed by atoms with Gasteiger partial charge >= 0.3 is 0 Å². The van der Waals surface area contributed by atoms with Crippen LogP contribution in [-0.2, 0) is 32.2 Å². The van der Waals surface area contributed by atoms with Crippen LogP contribution in [0.2, 0.25) is 20.5 Å². The molecule has 1 amide bonds. The molecule has 0 bridgehead atoms. The van der Waals surface area contributed by atoms with E-state index in [0.29, 0.717) is 11.8 Å². The number of nitrogens with one attached hydrogen (secondary N) is 1. The lowest BCUT2D eigenvalue weighted by molar-refractivity contribution is -0.147. The fraction of sp³-hybridized carbons (Fsp3) is 0.643. The molecule has 2 aliphatic heterocycles. The second-order valence-corrected chi connectivity index (χ2v) is 14.2. The predicted molar refractivity (Wildman–Crippen MR) is 239 cm³/mol. The van der Waals surface area contributed by atoms with Crippen LogP contribution in [0, 0.1) is 0 Å². The van der Waals surface area contributed by atoms with Crippen molar-refractivity contribution in [2.45, 2.75) is 88.6 Å². The van der Waals surface area contributed by atoms with E-state index < -0.39 is 90.4 Å². The van der Waals surface area contributed by atoms with E-state index >= 15 is 0 Å². The first-order chi connectivity index (χ1) is 30.6. The topological polar surface area (TPSA) is 171 Å². The third kappa shape index (κ3) is 16.3. The van der Waals surface area contributed by atoms with Crippen LogP contribution in [0.15, 0.2) is 23.8 Å². The number of rotatable bonds is 21. The van der Waals surface area contributed by atoms with E-state index in [-0.39, 0.29) is 60.4 Å². The Morgan fingerprint density at radius 1 is 1.02 bits per heavy atom. The molecule has 53 heavy (non-hydrogen) atoms. The largest absolute Gasteiger partial charge is 0.458 e. The number of aliphatic hydroxyl groups is 3. The summed E-state index contributed by atoms with van der Waals surface area (Å²) in [5, 5.41) is 17.3. The fourth-order valence-corrected chi connectivity index (χ4v) is 6.04. The number of hydrogen-bond acceptors (Lipinski definition) is 18. The number of carbonyl (C=O) groups is 2. The van der Waals surface area contributed by atoms with Crippen LogP contribution >= 0.6 is 73.6 Å². The molecular formula is C28H51B6NO12S6. The molecule has 1 saturated carbocycles. The predicted octanol–water partition coefficient (Wildman–Crippen LogP) is -1.47. The molecule has 2 saturated heterocycles. The maximum atomic E-state index is 13.6. The summed E-state index contributed by atoms with van der Waals surface area (Å²) in [5.74, 6) is -0.502.